The normalized spacial score (nSPS) is 11.0. The third-order valence-corrected chi connectivity index (χ3v) is 5.72. The highest BCUT2D eigenvalue weighted by molar-refractivity contribution is 5.69. The van der Waals surface area contributed by atoms with E-state index in [1.165, 1.54) is 89.5 Å². The standard InChI is InChI=1S/C26H44O4/c1-2-3-4-5-6-7-8-9-10-11-12-13-14-15-16-20-25(28)30-22-21-23-18-17-19-24(27)26(23)29/h17-19,27,29H,2-16,20-22H2,1H3. The number of hydrogen-bond acceptors (Lipinski definition) is 4. The zero-order valence-electron chi connectivity index (χ0n) is 19.2. The Morgan fingerprint density at radius 2 is 1.27 bits per heavy atom. The van der Waals surface area contributed by atoms with Crippen molar-refractivity contribution >= 4 is 5.97 Å². The molecule has 0 unspecified atom stereocenters. The monoisotopic (exact) mass is 420 g/mol. The highest BCUT2D eigenvalue weighted by Crippen LogP contribution is 2.28. The van der Waals surface area contributed by atoms with Gasteiger partial charge in [-0.05, 0) is 12.5 Å². The lowest BCUT2D eigenvalue weighted by molar-refractivity contribution is -0.143. The number of carbonyl (C=O) groups is 1. The molecule has 1 aromatic carbocycles. The lowest BCUT2D eigenvalue weighted by Gasteiger charge is -2.07. The van der Waals surface area contributed by atoms with Crippen molar-refractivity contribution in [2.24, 2.45) is 0 Å². The van der Waals surface area contributed by atoms with Gasteiger partial charge in [-0.3, -0.25) is 4.79 Å². The van der Waals surface area contributed by atoms with E-state index in [9.17, 15) is 15.0 Å². The second-order valence-electron chi connectivity index (χ2n) is 8.46. The molecule has 1 aromatic rings. The van der Waals surface area contributed by atoms with Crippen LogP contribution in [-0.2, 0) is 16.0 Å². The molecule has 0 amide bonds. The van der Waals surface area contributed by atoms with Crippen LogP contribution in [0.15, 0.2) is 18.2 Å². The summed E-state index contributed by atoms with van der Waals surface area (Å²) in [5.41, 5.74) is 0.592. The van der Waals surface area contributed by atoms with Crippen LogP contribution in [0.4, 0.5) is 0 Å². The van der Waals surface area contributed by atoms with E-state index < -0.39 is 0 Å². The van der Waals surface area contributed by atoms with Crippen molar-refractivity contribution in [1.82, 2.24) is 0 Å². The molecular formula is C26H44O4. The van der Waals surface area contributed by atoms with E-state index in [1.54, 1.807) is 12.1 Å². The molecule has 0 spiro atoms. The van der Waals surface area contributed by atoms with E-state index in [0.29, 0.717) is 18.4 Å². The van der Waals surface area contributed by atoms with E-state index in [2.05, 4.69) is 6.92 Å². The quantitative estimate of drug-likeness (QED) is 0.139. The number of phenols is 2. The molecule has 0 atom stereocenters. The van der Waals surface area contributed by atoms with E-state index in [-0.39, 0.29) is 24.1 Å². The zero-order chi connectivity index (χ0) is 21.9. The van der Waals surface area contributed by atoms with E-state index in [4.69, 9.17) is 4.74 Å². The summed E-state index contributed by atoms with van der Waals surface area (Å²) in [5.74, 6) is -0.447. The molecule has 0 aromatic heterocycles. The van der Waals surface area contributed by atoms with Crippen molar-refractivity contribution in [2.75, 3.05) is 6.61 Å². The Balaban J connectivity index is 1.84. The number of ether oxygens (including phenoxy) is 1. The van der Waals surface area contributed by atoms with Gasteiger partial charge < -0.3 is 14.9 Å². The molecule has 0 heterocycles. The third-order valence-electron chi connectivity index (χ3n) is 5.72. The first-order valence-corrected chi connectivity index (χ1v) is 12.3. The molecular weight excluding hydrogens is 376 g/mol. The van der Waals surface area contributed by atoms with Gasteiger partial charge in [0, 0.05) is 18.4 Å². The van der Waals surface area contributed by atoms with E-state index in [1.807, 2.05) is 0 Å². The van der Waals surface area contributed by atoms with Crippen LogP contribution >= 0.6 is 0 Å². The predicted octanol–water partition coefficient (Wildman–Crippen LogP) is 7.45. The fourth-order valence-electron chi connectivity index (χ4n) is 3.77. The van der Waals surface area contributed by atoms with Crippen LogP contribution in [0.3, 0.4) is 0 Å². The smallest absolute Gasteiger partial charge is 0.305 e. The maximum absolute atomic E-state index is 11.8. The molecule has 0 bridgehead atoms. The Labute approximate surface area is 184 Å². The fraction of sp³-hybridized carbons (Fsp3) is 0.731. The predicted molar refractivity (Wildman–Crippen MR) is 124 cm³/mol. The minimum Gasteiger partial charge on any atom is -0.504 e. The number of benzene rings is 1. The topological polar surface area (TPSA) is 66.8 Å². The minimum absolute atomic E-state index is 0.129. The van der Waals surface area contributed by atoms with Crippen LogP contribution in [-0.4, -0.2) is 22.8 Å². The van der Waals surface area contributed by atoms with Crippen LogP contribution in [0, 0.1) is 0 Å². The molecule has 0 saturated carbocycles. The summed E-state index contributed by atoms with van der Waals surface area (Å²) in [6.45, 7) is 2.50. The van der Waals surface area contributed by atoms with Crippen LogP contribution in [0.25, 0.3) is 0 Å². The maximum atomic E-state index is 11.8. The molecule has 0 saturated heterocycles. The van der Waals surface area contributed by atoms with Crippen LogP contribution < -0.4 is 0 Å². The SMILES string of the molecule is CCCCCCCCCCCCCCCCCC(=O)OCCc1cccc(O)c1O. The number of rotatable bonds is 19. The number of hydrogen-bond donors (Lipinski definition) is 2. The number of unbranched alkanes of at least 4 members (excludes halogenated alkanes) is 14. The summed E-state index contributed by atoms with van der Waals surface area (Å²) in [6, 6.07) is 4.82. The van der Waals surface area contributed by atoms with Gasteiger partial charge in [0.1, 0.15) is 0 Å². The van der Waals surface area contributed by atoms with E-state index >= 15 is 0 Å². The minimum atomic E-state index is -0.177. The number of aromatic hydroxyl groups is 2. The summed E-state index contributed by atoms with van der Waals surface area (Å²) in [7, 11) is 0. The summed E-state index contributed by atoms with van der Waals surface area (Å²) < 4.78 is 5.23. The van der Waals surface area contributed by atoms with E-state index in [0.717, 1.165) is 12.8 Å². The highest BCUT2D eigenvalue weighted by Gasteiger charge is 2.07. The van der Waals surface area contributed by atoms with Gasteiger partial charge in [0.25, 0.3) is 0 Å². The first-order chi connectivity index (χ1) is 14.6. The molecule has 0 fully saturated rings. The molecule has 2 N–H and O–H groups in total. The van der Waals surface area contributed by atoms with Crippen LogP contribution in [0.2, 0.25) is 0 Å². The Morgan fingerprint density at radius 3 is 1.80 bits per heavy atom. The molecule has 4 nitrogen and oxygen atoms in total. The Bertz CT molecular complexity index is 556. The largest absolute Gasteiger partial charge is 0.504 e. The Morgan fingerprint density at radius 1 is 0.767 bits per heavy atom. The molecule has 172 valence electrons. The fourth-order valence-corrected chi connectivity index (χ4v) is 3.77. The van der Waals surface area contributed by atoms with Gasteiger partial charge in [-0.25, -0.2) is 0 Å². The number of phenolic OH excluding ortho intramolecular Hbond substituents is 2. The molecule has 0 aliphatic heterocycles. The van der Waals surface area contributed by atoms with Gasteiger partial charge in [-0.2, -0.15) is 0 Å². The second-order valence-corrected chi connectivity index (χ2v) is 8.46. The summed E-state index contributed by atoms with van der Waals surface area (Å²) in [6.07, 6.45) is 20.5. The second kappa shape index (κ2) is 18.1. The number of carbonyl (C=O) groups excluding carboxylic acids is 1. The van der Waals surface area contributed by atoms with Gasteiger partial charge >= 0.3 is 5.97 Å². The third kappa shape index (κ3) is 13.5. The highest BCUT2D eigenvalue weighted by atomic mass is 16.5. The summed E-state index contributed by atoms with van der Waals surface area (Å²) in [5, 5.41) is 19.2. The van der Waals surface area contributed by atoms with Crippen LogP contribution in [0.1, 0.15) is 115 Å². The van der Waals surface area contributed by atoms with Crippen molar-refractivity contribution in [2.45, 2.75) is 116 Å². The van der Waals surface area contributed by atoms with Crippen molar-refractivity contribution in [1.29, 1.82) is 0 Å². The van der Waals surface area contributed by atoms with Gasteiger partial charge in [-0.15, -0.1) is 0 Å². The molecule has 0 radical (unpaired) electrons. The average Bonchev–Trinajstić information content (AvgIpc) is 2.74. The molecule has 1 rings (SSSR count). The van der Waals surface area contributed by atoms with Crippen LogP contribution in [0.5, 0.6) is 11.5 Å². The molecule has 4 heteroatoms. The van der Waals surface area contributed by atoms with Gasteiger partial charge in [-0.1, -0.05) is 109 Å². The summed E-state index contributed by atoms with van der Waals surface area (Å²) >= 11 is 0. The zero-order valence-corrected chi connectivity index (χ0v) is 19.2. The molecule has 0 aliphatic carbocycles. The number of esters is 1. The maximum Gasteiger partial charge on any atom is 0.305 e. The van der Waals surface area contributed by atoms with Crippen molar-refractivity contribution in [3.8, 4) is 11.5 Å². The van der Waals surface area contributed by atoms with Crippen molar-refractivity contribution in [3.05, 3.63) is 23.8 Å². The first kappa shape index (κ1) is 26.3. The van der Waals surface area contributed by atoms with Gasteiger partial charge in [0.05, 0.1) is 6.61 Å². The molecule has 0 aliphatic rings. The lowest BCUT2D eigenvalue weighted by Crippen LogP contribution is -2.07. The molecule has 30 heavy (non-hydrogen) atoms. The first-order valence-electron chi connectivity index (χ1n) is 12.3. The summed E-state index contributed by atoms with van der Waals surface area (Å²) in [4.78, 5) is 11.8. The lowest BCUT2D eigenvalue weighted by atomic mass is 10.0. The Hall–Kier alpha value is -1.71. The Kier molecular flexibility index (Phi) is 15.9. The van der Waals surface area contributed by atoms with Crippen molar-refractivity contribution < 1.29 is 19.7 Å². The number of para-hydroxylation sites is 1. The van der Waals surface area contributed by atoms with Gasteiger partial charge in [0.15, 0.2) is 11.5 Å². The average molecular weight is 421 g/mol. The van der Waals surface area contributed by atoms with Gasteiger partial charge in [0.2, 0.25) is 0 Å². The van der Waals surface area contributed by atoms with Crippen molar-refractivity contribution in [3.63, 3.8) is 0 Å².